The third kappa shape index (κ3) is 4.04. The van der Waals surface area contributed by atoms with Crippen LogP contribution in [0.3, 0.4) is 0 Å². The number of hydrogen-bond donors (Lipinski definition) is 2. The van der Waals surface area contributed by atoms with E-state index in [1.165, 1.54) is 46.7 Å². The number of benzene rings is 1. The van der Waals surface area contributed by atoms with E-state index in [0.717, 1.165) is 31.3 Å². The van der Waals surface area contributed by atoms with Crippen LogP contribution < -0.4 is 10.2 Å². The number of para-hydroxylation sites is 1. The molecule has 25 heavy (non-hydrogen) atoms. The molecule has 2 atom stereocenters. The third-order valence-electron chi connectivity index (χ3n) is 5.70. The van der Waals surface area contributed by atoms with Gasteiger partial charge in [0.25, 0.3) is 5.91 Å². The minimum atomic E-state index is 0.231. The monoisotopic (exact) mass is 358 g/mol. The van der Waals surface area contributed by atoms with Crippen molar-refractivity contribution in [2.45, 2.75) is 63.5 Å². The van der Waals surface area contributed by atoms with Gasteiger partial charge in [-0.1, -0.05) is 31.4 Å². The van der Waals surface area contributed by atoms with Crippen LogP contribution in [-0.2, 0) is 4.79 Å². The summed E-state index contributed by atoms with van der Waals surface area (Å²) in [7, 11) is 0. The van der Waals surface area contributed by atoms with Crippen molar-refractivity contribution in [1.29, 1.82) is 0 Å². The Bertz CT molecular complexity index is 690. The number of carbonyl (C=O) groups is 1. The Balaban J connectivity index is 1.44. The molecule has 4 rings (SSSR count). The minimum Gasteiger partial charge on any atom is -0.348 e. The number of aromatic nitrogens is 1. The molecule has 1 unspecified atom stereocenters. The van der Waals surface area contributed by atoms with E-state index in [1.807, 2.05) is 0 Å². The van der Waals surface area contributed by atoms with Crippen LogP contribution in [0.15, 0.2) is 24.3 Å². The molecule has 1 aliphatic heterocycles. The van der Waals surface area contributed by atoms with Gasteiger partial charge in [-0.3, -0.25) is 4.79 Å². The Labute approximate surface area is 153 Å². The van der Waals surface area contributed by atoms with Crippen LogP contribution >= 0.6 is 11.3 Å². The van der Waals surface area contributed by atoms with Crippen molar-refractivity contribution in [2.75, 3.05) is 13.1 Å². The standard InChI is InChI=1S/C20H27N3OS/c24-19(21-15-8-2-1-3-9-15)14-23-13-7-6-11-17(23)20-22-16-10-4-5-12-18(16)25-20/h4-5,10,12,15,17H,1-3,6-9,11,13-14H2,(H,21,24)/p+1/t17-/m1/s1. The molecule has 5 heteroatoms. The predicted molar refractivity (Wildman–Crippen MR) is 102 cm³/mol. The van der Waals surface area contributed by atoms with Crippen molar-refractivity contribution < 1.29 is 9.69 Å². The third-order valence-corrected chi connectivity index (χ3v) is 6.85. The lowest BCUT2D eigenvalue weighted by molar-refractivity contribution is -0.929. The number of fused-ring (bicyclic) bond motifs is 1. The number of piperidine rings is 1. The molecule has 0 bridgehead atoms. The number of amides is 1. The van der Waals surface area contributed by atoms with E-state index in [2.05, 4.69) is 29.6 Å². The number of quaternary nitrogens is 1. The van der Waals surface area contributed by atoms with Gasteiger partial charge in [-0.2, -0.15) is 0 Å². The fourth-order valence-corrected chi connectivity index (χ4v) is 5.52. The van der Waals surface area contributed by atoms with Gasteiger partial charge in [0, 0.05) is 12.5 Å². The number of rotatable bonds is 4. The molecule has 2 fully saturated rings. The van der Waals surface area contributed by atoms with E-state index >= 15 is 0 Å². The Hall–Kier alpha value is -1.46. The van der Waals surface area contributed by atoms with Gasteiger partial charge in [0.1, 0.15) is 6.04 Å². The Morgan fingerprint density at radius 2 is 1.92 bits per heavy atom. The lowest BCUT2D eigenvalue weighted by Gasteiger charge is -2.31. The molecule has 2 N–H and O–H groups in total. The van der Waals surface area contributed by atoms with Crippen molar-refractivity contribution in [3.8, 4) is 0 Å². The van der Waals surface area contributed by atoms with Crippen LogP contribution in [0.4, 0.5) is 0 Å². The first-order valence-electron chi connectivity index (χ1n) is 9.79. The number of likely N-dealkylation sites (tertiary alicyclic amines) is 1. The highest BCUT2D eigenvalue weighted by atomic mass is 32.1. The SMILES string of the molecule is O=C(C[NH+]1CCCC[C@@H]1c1nc2ccccc2s1)NC1CCCCC1. The number of carbonyl (C=O) groups excluding carboxylic acids is 1. The summed E-state index contributed by atoms with van der Waals surface area (Å²) in [5.74, 6) is 0.231. The smallest absolute Gasteiger partial charge is 0.275 e. The molecule has 134 valence electrons. The van der Waals surface area contributed by atoms with Gasteiger partial charge in [-0.05, 0) is 37.8 Å². The van der Waals surface area contributed by atoms with Gasteiger partial charge in [0.05, 0.1) is 16.8 Å². The molecule has 4 nitrogen and oxygen atoms in total. The first kappa shape index (κ1) is 17.0. The van der Waals surface area contributed by atoms with Gasteiger partial charge < -0.3 is 10.2 Å². The zero-order chi connectivity index (χ0) is 17.1. The molecule has 0 radical (unpaired) electrons. The van der Waals surface area contributed by atoms with E-state index in [9.17, 15) is 4.79 Å². The van der Waals surface area contributed by atoms with Crippen molar-refractivity contribution in [3.05, 3.63) is 29.3 Å². The molecule has 2 aromatic rings. The van der Waals surface area contributed by atoms with Crippen molar-refractivity contribution >= 4 is 27.5 Å². The highest BCUT2D eigenvalue weighted by Crippen LogP contribution is 2.28. The summed E-state index contributed by atoms with van der Waals surface area (Å²) in [4.78, 5) is 18.9. The number of nitrogens with zero attached hydrogens (tertiary/aromatic N) is 1. The zero-order valence-electron chi connectivity index (χ0n) is 14.8. The molecule has 1 aromatic carbocycles. The van der Waals surface area contributed by atoms with Crippen molar-refractivity contribution in [2.24, 2.45) is 0 Å². The van der Waals surface area contributed by atoms with Crippen LogP contribution in [0.2, 0.25) is 0 Å². The second kappa shape index (κ2) is 7.83. The lowest BCUT2D eigenvalue weighted by Crippen LogP contribution is -3.14. The van der Waals surface area contributed by atoms with E-state index in [4.69, 9.17) is 4.98 Å². The molecule has 1 aliphatic carbocycles. The molecule has 2 aliphatic rings. The average Bonchev–Trinajstić information content (AvgIpc) is 3.07. The fraction of sp³-hybridized carbons (Fsp3) is 0.600. The topological polar surface area (TPSA) is 46.4 Å². The summed E-state index contributed by atoms with van der Waals surface area (Å²) in [6.45, 7) is 1.68. The van der Waals surface area contributed by atoms with Crippen molar-refractivity contribution in [3.63, 3.8) is 0 Å². The maximum atomic E-state index is 12.6. The molecular weight excluding hydrogens is 330 g/mol. The van der Waals surface area contributed by atoms with E-state index in [0.29, 0.717) is 18.6 Å². The van der Waals surface area contributed by atoms with Crippen LogP contribution in [0.25, 0.3) is 10.2 Å². The maximum absolute atomic E-state index is 12.6. The fourth-order valence-electron chi connectivity index (χ4n) is 4.36. The molecular formula is C20H28N3OS+. The van der Waals surface area contributed by atoms with Gasteiger partial charge in [-0.15, -0.1) is 11.3 Å². The van der Waals surface area contributed by atoms with E-state index < -0.39 is 0 Å². The number of nitrogens with one attached hydrogen (secondary N) is 2. The second-order valence-electron chi connectivity index (χ2n) is 7.56. The molecule has 1 saturated heterocycles. The van der Waals surface area contributed by atoms with E-state index in [-0.39, 0.29) is 5.91 Å². The second-order valence-corrected chi connectivity index (χ2v) is 8.62. The summed E-state index contributed by atoms with van der Waals surface area (Å²) in [5, 5.41) is 4.50. The van der Waals surface area contributed by atoms with Crippen LogP contribution in [0.5, 0.6) is 0 Å². The van der Waals surface area contributed by atoms with Crippen LogP contribution in [0, 0.1) is 0 Å². The summed E-state index contributed by atoms with van der Waals surface area (Å²) < 4.78 is 1.26. The normalized spacial score (nSPS) is 25.1. The lowest BCUT2D eigenvalue weighted by atomic mass is 9.95. The van der Waals surface area contributed by atoms with Crippen LogP contribution in [-0.4, -0.2) is 30.0 Å². The zero-order valence-corrected chi connectivity index (χ0v) is 15.6. The average molecular weight is 359 g/mol. The van der Waals surface area contributed by atoms with Gasteiger partial charge in [0.15, 0.2) is 11.6 Å². The van der Waals surface area contributed by atoms with E-state index in [1.54, 1.807) is 11.3 Å². The summed E-state index contributed by atoms with van der Waals surface area (Å²) in [6.07, 6.45) is 9.76. The first-order chi connectivity index (χ1) is 12.3. The summed E-state index contributed by atoms with van der Waals surface area (Å²) in [5.41, 5.74) is 1.10. The summed E-state index contributed by atoms with van der Waals surface area (Å²) >= 11 is 1.81. The molecule has 2 heterocycles. The largest absolute Gasteiger partial charge is 0.348 e. The summed E-state index contributed by atoms with van der Waals surface area (Å²) in [6, 6.07) is 9.15. The first-order valence-corrected chi connectivity index (χ1v) is 10.6. The molecule has 1 saturated carbocycles. The minimum absolute atomic E-state index is 0.231. The Morgan fingerprint density at radius 3 is 2.76 bits per heavy atom. The predicted octanol–water partition coefficient (Wildman–Crippen LogP) is 2.86. The highest BCUT2D eigenvalue weighted by molar-refractivity contribution is 7.18. The Morgan fingerprint density at radius 1 is 1.12 bits per heavy atom. The molecule has 1 aromatic heterocycles. The number of hydrogen-bond acceptors (Lipinski definition) is 3. The van der Waals surface area contributed by atoms with Crippen molar-refractivity contribution in [1.82, 2.24) is 10.3 Å². The molecule has 0 spiro atoms. The quantitative estimate of drug-likeness (QED) is 0.883. The Kier molecular flexibility index (Phi) is 5.32. The van der Waals surface area contributed by atoms with Crippen LogP contribution in [0.1, 0.15) is 62.4 Å². The van der Waals surface area contributed by atoms with Gasteiger partial charge >= 0.3 is 0 Å². The van der Waals surface area contributed by atoms with Gasteiger partial charge in [-0.25, -0.2) is 4.98 Å². The van der Waals surface area contributed by atoms with Gasteiger partial charge in [0.2, 0.25) is 0 Å². The molecule has 1 amide bonds. The number of thiazole rings is 1. The highest BCUT2D eigenvalue weighted by Gasteiger charge is 2.32. The maximum Gasteiger partial charge on any atom is 0.275 e.